The molecule has 0 aliphatic carbocycles. The monoisotopic (exact) mass is 248 g/mol. The van der Waals surface area contributed by atoms with Gasteiger partial charge in [0.05, 0.1) is 6.61 Å². The summed E-state index contributed by atoms with van der Waals surface area (Å²) < 4.78 is 5.01. The van der Waals surface area contributed by atoms with Gasteiger partial charge in [0.15, 0.2) is 0 Å². The summed E-state index contributed by atoms with van der Waals surface area (Å²) in [5.74, 6) is -0.329. The van der Waals surface area contributed by atoms with Crippen molar-refractivity contribution in [2.24, 2.45) is 5.11 Å². The van der Waals surface area contributed by atoms with Crippen LogP contribution in [0.5, 0.6) is 0 Å². The van der Waals surface area contributed by atoms with Crippen molar-refractivity contribution in [3.05, 3.63) is 46.3 Å². The van der Waals surface area contributed by atoms with E-state index in [4.69, 9.17) is 10.3 Å². The van der Waals surface area contributed by atoms with E-state index in [1.165, 1.54) is 0 Å². The molecule has 18 heavy (non-hydrogen) atoms. The van der Waals surface area contributed by atoms with Crippen LogP contribution in [0.25, 0.3) is 10.4 Å². The Bertz CT molecular complexity index is 415. The molecular formula is C12H16N4O2. The fourth-order valence-corrected chi connectivity index (χ4v) is 1.51. The molecule has 1 unspecified atom stereocenters. The molecule has 0 aromatic heterocycles. The van der Waals surface area contributed by atoms with Crippen molar-refractivity contribution in [1.82, 2.24) is 5.32 Å². The molecule has 0 saturated heterocycles. The van der Waals surface area contributed by atoms with Gasteiger partial charge in [-0.05, 0) is 18.0 Å². The minimum Gasteiger partial charge on any atom is -0.465 e. The van der Waals surface area contributed by atoms with Gasteiger partial charge in [0.25, 0.3) is 0 Å². The van der Waals surface area contributed by atoms with Crippen LogP contribution in [0, 0.1) is 0 Å². The molecule has 1 aromatic carbocycles. The summed E-state index contributed by atoms with van der Waals surface area (Å²) in [4.78, 5) is 14.5. The maximum absolute atomic E-state index is 11.8. The number of nitrogens with zero attached hydrogens (tertiary/aromatic N) is 3. The van der Waals surface area contributed by atoms with Gasteiger partial charge in [0.1, 0.15) is 6.04 Å². The van der Waals surface area contributed by atoms with Gasteiger partial charge < -0.3 is 10.1 Å². The minimum absolute atomic E-state index is 0.291. The first kappa shape index (κ1) is 14.0. The third kappa shape index (κ3) is 4.45. The van der Waals surface area contributed by atoms with Crippen molar-refractivity contribution in [3.8, 4) is 0 Å². The average molecular weight is 248 g/mol. The molecule has 0 heterocycles. The van der Waals surface area contributed by atoms with Gasteiger partial charge in [-0.25, -0.2) is 4.79 Å². The Morgan fingerprint density at radius 3 is 2.83 bits per heavy atom. The maximum Gasteiger partial charge on any atom is 0.327 e. The van der Waals surface area contributed by atoms with Crippen LogP contribution in [0.15, 0.2) is 35.4 Å². The Balaban J connectivity index is 2.69. The summed E-state index contributed by atoms with van der Waals surface area (Å²) in [6.45, 7) is 2.81. The van der Waals surface area contributed by atoms with Crippen LogP contribution < -0.4 is 5.32 Å². The molecule has 96 valence electrons. The van der Waals surface area contributed by atoms with Gasteiger partial charge in [0, 0.05) is 18.0 Å². The molecule has 0 aliphatic heterocycles. The van der Waals surface area contributed by atoms with Crippen molar-refractivity contribution in [3.63, 3.8) is 0 Å². The minimum atomic E-state index is -0.528. The van der Waals surface area contributed by atoms with Crippen LogP contribution >= 0.6 is 0 Å². The van der Waals surface area contributed by atoms with Gasteiger partial charge in [0.2, 0.25) is 0 Å². The quantitative estimate of drug-likeness (QED) is 0.264. The highest BCUT2D eigenvalue weighted by molar-refractivity contribution is 5.77. The van der Waals surface area contributed by atoms with E-state index in [2.05, 4.69) is 15.3 Å². The lowest BCUT2D eigenvalue weighted by molar-refractivity contribution is -0.145. The SMILES string of the molecule is CCOC(=O)C(NCCN=[N+]=[N-])c1ccccc1. The Morgan fingerprint density at radius 2 is 2.22 bits per heavy atom. The lowest BCUT2D eigenvalue weighted by Crippen LogP contribution is -2.31. The van der Waals surface area contributed by atoms with Gasteiger partial charge in [-0.1, -0.05) is 35.4 Å². The Kier molecular flexibility index (Phi) is 6.32. The summed E-state index contributed by atoms with van der Waals surface area (Å²) in [6, 6.07) is 8.77. The van der Waals surface area contributed by atoms with Gasteiger partial charge >= 0.3 is 5.97 Å². The molecule has 0 bridgehead atoms. The predicted octanol–water partition coefficient (Wildman–Crippen LogP) is 2.19. The van der Waals surface area contributed by atoms with Crippen LogP contribution in [-0.2, 0) is 9.53 Å². The number of hydrogen-bond acceptors (Lipinski definition) is 4. The number of rotatable bonds is 7. The van der Waals surface area contributed by atoms with E-state index in [-0.39, 0.29) is 5.97 Å². The number of nitrogens with one attached hydrogen (secondary N) is 1. The Hall–Kier alpha value is -2.04. The van der Waals surface area contributed by atoms with E-state index >= 15 is 0 Å². The molecule has 1 aromatic rings. The van der Waals surface area contributed by atoms with Crippen LogP contribution in [0.3, 0.4) is 0 Å². The smallest absolute Gasteiger partial charge is 0.327 e. The van der Waals surface area contributed by atoms with Gasteiger partial charge in [-0.15, -0.1) is 0 Å². The number of ether oxygens (including phenoxy) is 1. The van der Waals surface area contributed by atoms with E-state index in [0.29, 0.717) is 19.7 Å². The first-order valence-corrected chi connectivity index (χ1v) is 5.75. The molecular weight excluding hydrogens is 232 g/mol. The number of benzene rings is 1. The summed E-state index contributed by atoms with van der Waals surface area (Å²) in [5.41, 5.74) is 9.01. The largest absolute Gasteiger partial charge is 0.465 e. The predicted molar refractivity (Wildman–Crippen MR) is 67.8 cm³/mol. The third-order valence-corrected chi connectivity index (χ3v) is 2.28. The molecule has 0 radical (unpaired) electrons. The molecule has 0 aliphatic rings. The van der Waals surface area contributed by atoms with Crippen molar-refractivity contribution < 1.29 is 9.53 Å². The molecule has 0 amide bonds. The van der Waals surface area contributed by atoms with Crippen molar-refractivity contribution in [2.45, 2.75) is 13.0 Å². The molecule has 0 spiro atoms. The van der Waals surface area contributed by atoms with Crippen LogP contribution in [0.4, 0.5) is 0 Å². The second kappa shape index (κ2) is 8.11. The normalized spacial score (nSPS) is 11.4. The van der Waals surface area contributed by atoms with Crippen molar-refractivity contribution in [2.75, 3.05) is 19.7 Å². The van der Waals surface area contributed by atoms with E-state index in [9.17, 15) is 4.79 Å². The molecule has 1 rings (SSSR count). The summed E-state index contributed by atoms with van der Waals surface area (Å²) in [5, 5.41) is 6.42. The fraction of sp³-hybridized carbons (Fsp3) is 0.417. The van der Waals surface area contributed by atoms with E-state index < -0.39 is 6.04 Å². The highest BCUT2D eigenvalue weighted by Crippen LogP contribution is 2.13. The lowest BCUT2D eigenvalue weighted by atomic mass is 10.1. The number of carbonyl (C=O) groups excluding carboxylic acids is 1. The Labute approximate surface area is 106 Å². The fourth-order valence-electron chi connectivity index (χ4n) is 1.51. The molecule has 6 nitrogen and oxygen atoms in total. The molecule has 6 heteroatoms. The number of hydrogen-bond donors (Lipinski definition) is 1. The molecule has 1 N–H and O–H groups in total. The topological polar surface area (TPSA) is 87.1 Å². The molecule has 0 fully saturated rings. The summed E-state index contributed by atoms with van der Waals surface area (Å²) >= 11 is 0. The molecule has 0 saturated carbocycles. The van der Waals surface area contributed by atoms with Crippen molar-refractivity contribution >= 4 is 5.97 Å². The Morgan fingerprint density at radius 1 is 1.50 bits per heavy atom. The number of carbonyl (C=O) groups is 1. The third-order valence-electron chi connectivity index (χ3n) is 2.28. The zero-order chi connectivity index (χ0) is 13.2. The second-order valence-corrected chi connectivity index (χ2v) is 3.50. The molecule has 1 atom stereocenters. The zero-order valence-corrected chi connectivity index (χ0v) is 10.2. The number of esters is 1. The van der Waals surface area contributed by atoms with E-state index in [1.807, 2.05) is 30.3 Å². The van der Waals surface area contributed by atoms with Crippen LogP contribution in [-0.4, -0.2) is 25.7 Å². The van der Waals surface area contributed by atoms with E-state index in [1.54, 1.807) is 6.92 Å². The number of azide groups is 1. The lowest BCUT2D eigenvalue weighted by Gasteiger charge is -2.17. The standard InChI is InChI=1S/C12H16N4O2/c1-2-18-12(17)11(14-8-9-15-16-13)10-6-4-3-5-7-10/h3-7,11,14H,2,8-9H2,1H3. The summed E-state index contributed by atoms with van der Waals surface area (Å²) in [6.07, 6.45) is 0. The van der Waals surface area contributed by atoms with E-state index in [0.717, 1.165) is 5.56 Å². The second-order valence-electron chi connectivity index (χ2n) is 3.50. The maximum atomic E-state index is 11.8. The first-order chi connectivity index (χ1) is 8.79. The highest BCUT2D eigenvalue weighted by atomic mass is 16.5. The summed E-state index contributed by atoms with van der Waals surface area (Å²) in [7, 11) is 0. The first-order valence-electron chi connectivity index (χ1n) is 5.75. The van der Waals surface area contributed by atoms with Gasteiger partial charge in [-0.2, -0.15) is 0 Å². The zero-order valence-electron chi connectivity index (χ0n) is 10.2. The van der Waals surface area contributed by atoms with Crippen LogP contribution in [0.1, 0.15) is 18.5 Å². The average Bonchev–Trinajstić information content (AvgIpc) is 2.40. The van der Waals surface area contributed by atoms with Crippen molar-refractivity contribution in [1.29, 1.82) is 0 Å². The van der Waals surface area contributed by atoms with Gasteiger partial charge in [-0.3, -0.25) is 0 Å². The van der Waals surface area contributed by atoms with Crippen LogP contribution in [0.2, 0.25) is 0 Å². The highest BCUT2D eigenvalue weighted by Gasteiger charge is 2.20.